The molecular formula is C11H18. The molecule has 62 valence electrons. The number of hydrogen-bond donors (Lipinski definition) is 0. The zero-order valence-corrected chi connectivity index (χ0v) is 7.47. The van der Waals surface area contributed by atoms with Gasteiger partial charge in [-0.3, -0.25) is 0 Å². The first kappa shape index (κ1) is 8.58. The molecule has 0 bridgehead atoms. The molecule has 1 rings (SSSR count). The largest absolute Gasteiger partial charge is 0.0845 e. The molecule has 0 N–H and O–H groups in total. The highest BCUT2D eigenvalue weighted by molar-refractivity contribution is 5.14. The van der Waals surface area contributed by atoms with Gasteiger partial charge in [0.05, 0.1) is 0 Å². The molecule has 0 nitrogen and oxygen atoms in total. The zero-order chi connectivity index (χ0) is 7.94. The minimum atomic E-state index is 1.27. The van der Waals surface area contributed by atoms with Gasteiger partial charge in [0, 0.05) is 0 Å². The van der Waals surface area contributed by atoms with E-state index in [2.05, 4.69) is 25.2 Å². The van der Waals surface area contributed by atoms with Crippen molar-refractivity contribution < 1.29 is 0 Å². The summed E-state index contributed by atoms with van der Waals surface area (Å²) in [6.45, 7) is 2.26. The maximum atomic E-state index is 2.31. The van der Waals surface area contributed by atoms with Crippen LogP contribution in [-0.4, -0.2) is 0 Å². The van der Waals surface area contributed by atoms with Gasteiger partial charge in [0.2, 0.25) is 0 Å². The van der Waals surface area contributed by atoms with Crippen LogP contribution in [-0.2, 0) is 0 Å². The van der Waals surface area contributed by atoms with Crippen molar-refractivity contribution in [2.24, 2.45) is 0 Å². The van der Waals surface area contributed by atoms with E-state index in [4.69, 9.17) is 0 Å². The van der Waals surface area contributed by atoms with E-state index in [0.717, 1.165) is 0 Å². The SMILES string of the molecule is CCCCC1=CC=CCCC1. The van der Waals surface area contributed by atoms with E-state index >= 15 is 0 Å². The molecule has 0 aromatic carbocycles. The lowest BCUT2D eigenvalue weighted by Crippen LogP contribution is -1.82. The third kappa shape index (κ3) is 3.41. The Kier molecular flexibility index (Phi) is 4.03. The second-order valence-corrected chi connectivity index (χ2v) is 3.25. The second-order valence-electron chi connectivity index (χ2n) is 3.25. The Labute approximate surface area is 70.0 Å². The fourth-order valence-electron chi connectivity index (χ4n) is 1.44. The van der Waals surface area contributed by atoms with Gasteiger partial charge in [0.1, 0.15) is 0 Å². The van der Waals surface area contributed by atoms with Crippen molar-refractivity contribution in [3.63, 3.8) is 0 Å². The number of rotatable bonds is 3. The molecule has 11 heavy (non-hydrogen) atoms. The Morgan fingerprint density at radius 2 is 2.36 bits per heavy atom. The molecule has 0 fully saturated rings. The van der Waals surface area contributed by atoms with Crippen molar-refractivity contribution in [2.45, 2.75) is 45.4 Å². The Balaban J connectivity index is 2.30. The molecule has 0 heteroatoms. The van der Waals surface area contributed by atoms with Crippen LogP contribution in [0.4, 0.5) is 0 Å². The summed E-state index contributed by atoms with van der Waals surface area (Å²) in [5.74, 6) is 0. The average molecular weight is 150 g/mol. The lowest BCUT2D eigenvalue weighted by molar-refractivity contribution is 0.732. The smallest absolute Gasteiger partial charge is 0.0314 e. The molecule has 0 aromatic heterocycles. The highest BCUT2D eigenvalue weighted by atomic mass is 14.0. The molecule has 0 atom stereocenters. The van der Waals surface area contributed by atoms with Crippen LogP contribution in [0, 0.1) is 0 Å². The average Bonchev–Trinajstić information content (AvgIpc) is 2.28. The molecule has 0 amide bonds. The van der Waals surface area contributed by atoms with Crippen LogP contribution in [0.2, 0.25) is 0 Å². The lowest BCUT2D eigenvalue weighted by atomic mass is 10.0. The monoisotopic (exact) mass is 150 g/mol. The van der Waals surface area contributed by atoms with Gasteiger partial charge < -0.3 is 0 Å². The van der Waals surface area contributed by atoms with Crippen LogP contribution in [0.3, 0.4) is 0 Å². The van der Waals surface area contributed by atoms with Crippen molar-refractivity contribution in [2.75, 3.05) is 0 Å². The number of allylic oxidation sites excluding steroid dienone is 4. The fraction of sp³-hybridized carbons (Fsp3) is 0.636. The Morgan fingerprint density at radius 3 is 3.18 bits per heavy atom. The summed E-state index contributed by atoms with van der Waals surface area (Å²) >= 11 is 0. The summed E-state index contributed by atoms with van der Waals surface area (Å²) in [6, 6.07) is 0. The van der Waals surface area contributed by atoms with E-state index in [1.807, 2.05) is 0 Å². The second kappa shape index (κ2) is 5.17. The van der Waals surface area contributed by atoms with Gasteiger partial charge in [-0.2, -0.15) is 0 Å². The standard InChI is InChI=1S/C11H18/c1-2-3-8-11-9-6-4-5-7-10-11/h4,6,9H,2-3,5,7-8,10H2,1H3. The van der Waals surface area contributed by atoms with E-state index in [1.54, 1.807) is 5.57 Å². The Morgan fingerprint density at radius 1 is 1.45 bits per heavy atom. The maximum absolute atomic E-state index is 2.31. The minimum Gasteiger partial charge on any atom is -0.0845 e. The molecule has 0 aliphatic heterocycles. The van der Waals surface area contributed by atoms with Crippen LogP contribution in [0.5, 0.6) is 0 Å². The van der Waals surface area contributed by atoms with E-state index in [-0.39, 0.29) is 0 Å². The van der Waals surface area contributed by atoms with Crippen LogP contribution < -0.4 is 0 Å². The van der Waals surface area contributed by atoms with Gasteiger partial charge in [-0.1, -0.05) is 37.1 Å². The third-order valence-corrected chi connectivity index (χ3v) is 2.19. The summed E-state index contributed by atoms with van der Waals surface area (Å²) in [5, 5.41) is 0. The van der Waals surface area contributed by atoms with E-state index in [9.17, 15) is 0 Å². The van der Waals surface area contributed by atoms with Gasteiger partial charge in [0.25, 0.3) is 0 Å². The molecule has 0 spiro atoms. The first-order chi connectivity index (χ1) is 5.43. The molecule has 1 aliphatic carbocycles. The molecule has 0 radical (unpaired) electrons. The summed E-state index contributed by atoms with van der Waals surface area (Å²) in [5.41, 5.74) is 1.65. The maximum Gasteiger partial charge on any atom is -0.0314 e. The third-order valence-electron chi connectivity index (χ3n) is 2.19. The fourth-order valence-corrected chi connectivity index (χ4v) is 1.44. The zero-order valence-electron chi connectivity index (χ0n) is 7.47. The van der Waals surface area contributed by atoms with E-state index < -0.39 is 0 Å². The topological polar surface area (TPSA) is 0 Å². The normalized spacial score (nSPS) is 17.7. The molecule has 0 saturated carbocycles. The highest BCUT2D eigenvalue weighted by Gasteiger charge is 1.97. The minimum absolute atomic E-state index is 1.27. The summed E-state index contributed by atoms with van der Waals surface area (Å²) in [7, 11) is 0. The van der Waals surface area contributed by atoms with Gasteiger partial charge >= 0.3 is 0 Å². The van der Waals surface area contributed by atoms with Crippen molar-refractivity contribution in [3.8, 4) is 0 Å². The van der Waals surface area contributed by atoms with Gasteiger partial charge in [-0.05, 0) is 32.1 Å². The number of hydrogen-bond acceptors (Lipinski definition) is 0. The summed E-state index contributed by atoms with van der Waals surface area (Å²) in [6.07, 6.45) is 14.8. The van der Waals surface area contributed by atoms with Gasteiger partial charge in [0.15, 0.2) is 0 Å². The van der Waals surface area contributed by atoms with E-state index in [0.29, 0.717) is 0 Å². The highest BCUT2D eigenvalue weighted by Crippen LogP contribution is 2.17. The summed E-state index contributed by atoms with van der Waals surface area (Å²) in [4.78, 5) is 0. The van der Waals surface area contributed by atoms with Gasteiger partial charge in [-0.25, -0.2) is 0 Å². The van der Waals surface area contributed by atoms with Crippen molar-refractivity contribution >= 4 is 0 Å². The first-order valence-corrected chi connectivity index (χ1v) is 4.78. The lowest BCUT2D eigenvalue weighted by Gasteiger charge is -2.02. The molecule has 0 unspecified atom stereocenters. The van der Waals surface area contributed by atoms with Gasteiger partial charge in [-0.15, -0.1) is 0 Å². The van der Waals surface area contributed by atoms with Crippen LogP contribution in [0.25, 0.3) is 0 Å². The van der Waals surface area contributed by atoms with Crippen molar-refractivity contribution in [1.82, 2.24) is 0 Å². The Bertz CT molecular complexity index is 151. The van der Waals surface area contributed by atoms with Crippen molar-refractivity contribution in [3.05, 3.63) is 23.8 Å². The molecule has 0 saturated heterocycles. The molecule has 0 heterocycles. The van der Waals surface area contributed by atoms with Crippen LogP contribution in [0.1, 0.15) is 45.4 Å². The first-order valence-electron chi connectivity index (χ1n) is 4.78. The summed E-state index contributed by atoms with van der Waals surface area (Å²) < 4.78 is 0. The predicted molar refractivity (Wildman–Crippen MR) is 50.6 cm³/mol. The molecule has 0 aromatic rings. The van der Waals surface area contributed by atoms with Crippen LogP contribution in [0.15, 0.2) is 23.8 Å². The van der Waals surface area contributed by atoms with Crippen molar-refractivity contribution in [1.29, 1.82) is 0 Å². The number of unbranched alkanes of at least 4 members (excludes halogenated alkanes) is 1. The van der Waals surface area contributed by atoms with E-state index in [1.165, 1.54) is 38.5 Å². The van der Waals surface area contributed by atoms with Crippen LogP contribution >= 0.6 is 0 Å². The Hall–Kier alpha value is -0.520. The molecule has 1 aliphatic rings. The quantitative estimate of drug-likeness (QED) is 0.573. The molecular weight excluding hydrogens is 132 g/mol. The predicted octanol–water partition coefficient (Wildman–Crippen LogP) is 3.84.